The van der Waals surface area contributed by atoms with E-state index in [0.29, 0.717) is 0 Å². The van der Waals surface area contributed by atoms with Crippen molar-refractivity contribution in [1.82, 2.24) is 10.3 Å². The Morgan fingerprint density at radius 1 is 1.29 bits per heavy atom. The van der Waals surface area contributed by atoms with E-state index in [2.05, 4.69) is 10.3 Å². The van der Waals surface area contributed by atoms with E-state index >= 15 is 0 Å². The van der Waals surface area contributed by atoms with E-state index in [1.807, 2.05) is 0 Å². The third-order valence-corrected chi connectivity index (χ3v) is 4.30. The fraction of sp³-hybridized carbons (Fsp3) is 0.278. The number of hydrogen-bond donors (Lipinski definition) is 1. The molecule has 148 valence electrons. The second-order valence-electron chi connectivity index (χ2n) is 6.08. The Kier molecular flexibility index (Phi) is 7.31. The van der Waals surface area contributed by atoms with Gasteiger partial charge in [-0.15, -0.1) is 0 Å². The first-order valence-corrected chi connectivity index (χ1v) is 8.99. The van der Waals surface area contributed by atoms with E-state index in [-0.39, 0.29) is 39.5 Å². The number of rotatable bonds is 7. The largest absolute Gasteiger partial charge is 0.463 e. The van der Waals surface area contributed by atoms with Crippen LogP contribution in [0.1, 0.15) is 42.2 Å². The molecule has 1 aromatic heterocycles. The van der Waals surface area contributed by atoms with Crippen LogP contribution in [-0.2, 0) is 9.53 Å². The molecule has 0 saturated heterocycles. The van der Waals surface area contributed by atoms with Gasteiger partial charge in [0.1, 0.15) is 5.15 Å². The lowest BCUT2D eigenvalue weighted by Crippen LogP contribution is -2.31. The number of nitrogens with zero attached hydrogens (tertiary/aromatic N) is 2. The van der Waals surface area contributed by atoms with Gasteiger partial charge in [0.15, 0.2) is 0 Å². The summed E-state index contributed by atoms with van der Waals surface area (Å²) < 4.78 is 5.11. The van der Waals surface area contributed by atoms with Crippen molar-refractivity contribution in [3.05, 3.63) is 67.9 Å². The molecule has 0 fully saturated rings. The van der Waals surface area contributed by atoms with Crippen LogP contribution in [0.25, 0.3) is 0 Å². The maximum Gasteiger partial charge on any atom is 0.308 e. The number of nitro groups is 1. The lowest BCUT2D eigenvalue weighted by atomic mass is 10.0. The molecule has 1 heterocycles. The summed E-state index contributed by atoms with van der Waals surface area (Å²) in [5, 5.41) is 14.1. The summed E-state index contributed by atoms with van der Waals surface area (Å²) in [4.78, 5) is 39.3. The molecule has 1 N–H and O–H groups in total. The molecule has 0 aliphatic carbocycles. The SMILES string of the molecule is CC(C)OC(=O)CC(NC(=O)c1cnc(Cl)c(Cl)c1)c1ccccc1[N+](=O)[O-]. The van der Waals surface area contributed by atoms with Crippen molar-refractivity contribution >= 4 is 40.8 Å². The number of ether oxygens (including phenoxy) is 1. The normalized spacial score (nSPS) is 11.8. The van der Waals surface area contributed by atoms with Gasteiger partial charge in [-0.05, 0) is 19.9 Å². The number of nitro benzene ring substituents is 1. The first-order valence-electron chi connectivity index (χ1n) is 8.23. The minimum absolute atomic E-state index is 0.0361. The summed E-state index contributed by atoms with van der Waals surface area (Å²) in [6.45, 7) is 3.36. The summed E-state index contributed by atoms with van der Waals surface area (Å²) in [5.41, 5.74) is 0.0437. The maximum atomic E-state index is 12.6. The first kappa shape index (κ1) is 21.6. The van der Waals surface area contributed by atoms with Gasteiger partial charge >= 0.3 is 5.97 Å². The number of benzene rings is 1. The second-order valence-corrected chi connectivity index (χ2v) is 6.85. The molecular weight excluding hydrogens is 409 g/mol. The van der Waals surface area contributed by atoms with E-state index in [4.69, 9.17) is 27.9 Å². The predicted octanol–water partition coefficient (Wildman–Crippen LogP) is 4.11. The number of halogens is 2. The third-order valence-electron chi connectivity index (χ3n) is 3.61. The Morgan fingerprint density at radius 3 is 2.57 bits per heavy atom. The van der Waals surface area contributed by atoms with E-state index in [1.54, 1.807) is 19.9 Å². The Morgan fingerprint density at radius 2 is 1.96 bits per heavy atom. The van der Waals surface area contributed by atoms with Gasteiger partial charge in [0, 0.05) is 12.3 Å². The quantitative estimate of drug-likeness (QED) is 0.309. The average Bonchev–Trinajstić information content (AvgIpc) is 2.62. The van der Waals surface area contributed by atoms with Gasteiger partial charge in [0.2, 0.25) is 0 Å². The summed E-state index contributed by atoms with van der Waals surface area (Å²) in [5.74, 6) is -1.22. The van der Waals surface area contributed by atoms with Crippen molar-refractivity contribution in [2.75, 3.05) is 0 Å². The van der Waals surface area contributed by atoms with Gasteiger partial charge in [-0.1, -0.05) is 41.4 Å². The van der Waals surface area contributed by atoms with Gasteiger partial charge in [-0.25, -0.2) is 4.98 Å². The number of para-hydroxylation sites is 1. The molecule has 10 heteroatoms. The summed E-state index contributed by atoms with van der Waals surface area (Å²) in [6, 6.07) is 6.16. The van der Waals surface area contributed by atoms with Crippen LogP contribution in [-0.4, -0.2) is 27.9 Å². The fourth-order valence-corrected chi connectivity index (χ4v) is 2.72. The molecule has 1 amide bonds. The van der Waals surface area contributed by atoms with Crippen LogP contribution in [0.5, 0.6) is 0 Å². The number of carbonyl (C=O) groups excluding carboxylic acids is 2. The number of aromatic nitrogens is 1. The molecule has 8 nitrogen and oxygen atoms in total. The molecule has 1 atom stereocenters. The van der Waals surface area contributed by atoms with Gasteiger partial charge in [0.05, 0.1) is 39.6 Å². The molecule has 0 bridgehead atoms. The van der Waals surface area contributed by atoms with Crippen LogP contribution >= 0.6 is 23.2 Å². The molecule has 2 aromatic rings. The van der Waals surface area contributed by atoms with Crippen molar-refractivity contribution in [3.63, 3.8) is 0 Å². The lowest BCUT2D eigenvalue weighted by Gasteiger charge is -2.19. The summed E-state index contributed by atoms with van der Waals surface area (Å²) in [7, 11) is 0. The van der Waals surface area contributed by atoms with Crippen LogP contribution in [0, 0.1) is 10.1 Å². The number of nitrogens with one attached hydrogen (secondary N) is 1. The Balaban J connectivity index is 2.35. The zero-order valence-corrected chi connectivity index (χ0v) is 16.5. The van der Waals surface area contributed by atoms with Gasteiger partial charge in [-0.2, -0.15) is 0 Å². The highest BCUT2D eigenvalue weighted by Crippen LogP contribution is 2.28. The number of hydrogen-bond acceptors (Lipinski definition) is 6. The monoisotopic (exact) mass is 425 g/mol. The van der Waals surface area contributed by atoms with Gasteiger partial charge in [-0.3, -0.25) is 19.7 Å². The number of carbonyl (C=O) groups is 2. The summed E-state index contributed by atoms with van der Waals surface area (Å²) >= 11 is 11.6. The standard InChI is InChI=1S/C18H17Cl2N3O5/c1-10(2)28-16(24)8-14(12-5-3-4-6-15(12)23(26)27)22-18(25)11-7-13(19)17(20)21-9-11/h3-7,9-10,14H,8H2,1-2H3,(H,22,25). The zero-order valence-electron chi connectivity index (χ0n) is 15.0. The van der Waals surface area contributed by atoms with Crippen LogP contribution in [0.4, 0.5) is 5.69 Å². The minimum Gasteiger partial charge on any atom is -0.463 e. The second kappa shape index (κ2) is 9.48. The molecule has 1 aromatic carbocycles. The van der Waals surface area contributed by atoms with Gasteiger partial charge in [0.25, 0.3) is 11.6 Å². The number of amides is 1. The van der Waals surface area contributed by atoms with E-state index in [1.165, 1.54) is 30.5 Å². The molecule has 0 aliphatic rings. The maximum absolute atomic E-state index is 12.6. The number of esters is 1. The Hall–Kier alpha value is -2.71. The predicted molar refractivity (Wildman–Crippen MR) is 103 cm³/mol. The van der Waals surface area contributed by atoms with Crippen molar-refractivity contribution in [1.29, 1.82) is 0 Å². The van der Waals surface area contributed by atoms with Gasteiger partial charge < -0.3 is 10.1 Å². The van der Waals surface area contributed by atoms with E-state index in [0.717, 1.165) is 0 Å². The minimum atomic E-state index is -0.991. The molecule has 0 saturated carbocycles. The Labute approximate surface area is 171 Å². The average molecular weight is 426 g/mol. The summed E-state index contributed by atoms with van der Waals surface area (Å²) in [6.07, 6.45) is 0.560. The zero-order chi connectivity index (χ0) is 20.8. The highest BCUT2D eigenvalue weighted by molar-refractivity contribution is 6.41. The van der Waals surface area contributed by atoms with E-state index < -0.39 is 22.8 Å². The molecule has 0 spiro atoms. The highest BCUT2D eigenvalue weighted by atomic mass is 35.5. The molecular formula is C18H17Cl2N3O5. The van der Waals surface area contributed by atoms with Crippen LogP contribution in [0.3, 0.4) is 0 Å². The van der Waals surface area contributed by atoms with Crippen molar-refractivity contribution in [2.24, 2.45) is 0 Å². The fourth-order valence-electron chi connectivity index (χ4n) is 2.45. The lowest BCUT2D eigenvalue weighted by molar-refractivity contribution is -0.385. The third kappa shape index (κ3) is 5.64. The number of pyridine rings is 1. The highest BCUT2D eigenvalue weighted by Gasteiger charge is 2.27. The Bertz CT molecular complexity index is 905. The molecule has 1 unspecified atom stereocenters. The van der Waals surface area contributed by atoms with Crippen LogP contribution < -0.4 is 5.32 Å². The molecule has 0 radical (unpaired) electrons. The molecule has 2 rings (SSSR count). The van der Waals surface area contributed by atoms with Crippen LogP contribution in [0.2, 0.25) is 10.2 Å². The van der Waals surface area contributed by atoms with Crippen molar-refractivity contribution < 1.29 is 19.2 Å². The smallest absolute Gasteiger partial charge is 0.308 e. The van der Waals surface area contributed by atoms with Crippen LogP contribution in [0.15, 0.2) is 36.5 Å². The van der Waals surface area contributed by atoms with Crippen molar-refractivity contribution in [3.8, 4) is 0 Å². The molecule has 28 heavy (non-hydrogen) atoms. The first-order chi connectivity index (χ1) is 13.2. The van der Waals surface area contributed by atoms with Crippen molar-refractivity contribution in [2.45, 2.75) is 32.4 Å². The molecule has 0 aliphatic heterocycles. The van der Waals surface area contributed by atoms with E-state index in [9.17, 15) is 19.7 Å². The topological polar surface area (TPSA) is 111 Å².